The summed E-state index contributed by atoms with van der Waals surface area (Å²) in [7, 11) is 1.74. The highest BCUT2D eigenvalue weighted by Gasteiger charge is 2.60. The summed E-state index contributed by atoms with van der Waals surface area (Å²) in [4.78, 5) is 14.9. The van der Waals surface area contributed by atoms with Crippen LogP contribution < -0.4 is 0 Å². The van der Waals surface area contributed by atoms with Crippen LogP contribution in [0.25, 0.3) is 0 Å². The van der Waals surface area contributed by atoms with Crippen LogP contribution in [0.4, 0.5) is 4.39 Å². The van der Waals surface area contributed by atoms with Crippen molar-refractivity contribution in [2.24, 2.45) is 5.92 Å². The van der Waals surface area contributed by atoms with E-state index in [0.717, 1.165) is 11.1 Å². The van der Waals surface area contributed by atoms with Gasteiger partial charge in [0, 0.05) is 19.1 Å². The second-order valence-corrected chi connectivity index (χ2v) is 7.58. The number of likely N-dealkylation sites (N-methyl/N-ethyl adjacent to an activating group) is 1. The molecule has 0 spiro atoms. The molecule has 136 valence electrons. The minimum Gasteiger partial charge on any atom is -0.341 e. The molecule has 2 aromatic carbocycles. The van der Waals surface area contributed by atoms with Crippen molar-refractivity contribution in [3.05, 3.63) is 81.1 Å². The smallest absolute Gasteiger partial charge is 0.233 e. The van der Waals surface area contributed by atoms with Gasteiger partial charge in [-0.2, -0.15) is 0 Å². The van der Waals surface area contributed by atoms with Gasteiger partial charge in [0.15, 0.2) is 0 Å². The third kappa shape index (κ3) is 3.62. The highest BCUT2D eigenvalue weighted by atomic mass is 35.5. The first-order chi connectivity index (χ1) is 12.4. The van der Waals surface area contributed by atoms with Gasteiger partial charge in [-0.05, 0) is 47.7 Å². The third-order valence-electron chi connectivity index (χ3n) is 4.82. The fourth-order valence-electron chi connectivity index (χ4n) is 3.36. The molecule has 0 bridgehead atoms. The molecule has 3 rings (SSSR count). The molecule has 26 heavy (non-hydrogen) atoms. The summed E-state index contributed by atoms with van der Waals surface area (Å²) in [5, 5.41) is 0.862. The largest absolute Gasteiger partial charge is 0.341 e. The molecule has 2 nitrogen and oxygen atoms in total. The van der Waals surface area contributed by atoms with Crippen LogP contribution in [0.2, 0.25) is 10.0 Å². The van der Waals surface area contributed by atoms with Crippen molar-refractivity contribution in [1.82, 2.24) is 4.90 Å². The zero-order valence-electron chi connectivity index (χ0n) is 14.1. The summed E-state index contributed by atoms with van der Waals surface area (Å²) in [6.07, 6.45) is 2.48. The Hall–Kier alpha value is -1.55. The summed E-state index contributed by atoms with van der Waals surface area (Å²) >= 11 is 17.9. The molecule has 0 heterocycles. The molecular weight excluding hydrogens is 396 g/mol. The first-order valence-corrected chi connectivity index (χ1v) is 9.30. The molecule has 1 saturated carbocycles. The number of hydrogen-bond donors (Lipinski definition) is 0. The lowest BCUT2D eigenvalue weighted by molar-refractivity contribution is -0.133. The van der Waals surface area contributed by atoms with Crippen LogP contribution in [0.5, 0.6) is 0 Å². The number of benzene rings is 2. The van der Waals surface area contributed by atoms with Crippen molar-refractivity contribution in [2.45, 2.75) is 18.4 Å². The average Bonchev–Trinajstić information content (AvgIpc) is 3.34. The van der Waals surface area contributed by atoms with Crippen molar-refractivity contribution >= 4 is 40.7 Å². The van der Waals surface area contributed by atoms with Crippen LogP contribution >= 0.6 is 34.8 Å². The molecule has 0 radical (unpaired) electrons. The van der Waals surface area contributed by atoms with E-state index in [9.17, 15) is 9.18 Å². The lowest BCUT2D eigenvalue weighted by Crippen LogP contribution is -2.37. The maximum absolute atomic E-state index is 13.3. The van der Waals surface area contributed by atoms with E-state index in [2.05, 4.69) is 0 Å². The predicted molar refractivity (Wildman–Crippen MR) is 104 cm³/mol. The summed E-state index contributed by atoms with van der Waals surface area (Å²) in [6, 6.07) is 11.4. The molecule has 0 saturated heterocycles. The molecular formula is C20H17Cl3FNO. The zero-order valence-corrected chi connectivity index (χ0v) is 16.3. The highest BCUT2D eigenvalue weighted by molar-refractivity contribution is 6.42. The predicted octanol–water partition coefficient (Wildman–Crippen LogP) is 5.80. The first-order valence-electron chi connectivity index (χ1n) is 8.11. The van der Waals surface area contributed by atoms with Crippen molar-refractivity contribution in [3.8, 4) is 0 Å². The number of amides is 1. The highest BCUT2D eigenvalue weighted by Crippen LogP contribution is 2.57. The van der Waals surface area contributed by atoms with Gasteiger partial charge in [0.25, 0.3) is 0 Å². The van der Waals surface area contributed by atoms with Gasteiger partial charge in [0.1, 0.15) is 5.82 Å². The van der Waals surface area contributed by atoms with E-state index in [-0.39, 0.29) is 17.6 Å². The molecule has 0 N–H and O–H groups in total. The fraction of sp³-hybridized carbons (Fsp3) is 0.250. The summed E-state index contributed by atoms with van der Waals surface area (Å²) in [6.45, 7) is 0.388. The van der Waals surface area contributed by atoms with Gasteiger partial charge in [-0.15, -0.1) is 0 Å². The van der Waals surface area contributed by atoms with Gasteiger partial charge >= 0.3 is 0 Å². The van der Waals surface area contributed by atoms with Gasteiger partial charge in [0.05, 0.1) is 15.5 Å². The van der Waals surface area contributed by atoms with Crippen molar-refractivity contribution in [3.63, 3.8) is 0 Å². The van der Waals surface area contributed by atoms with Gasteiger partial charge < -0.3 is 4.90 Å². The van der Waals surface area contributed by atoms with Crippen LogP contribution in [0.15, 0.2) is 54.1 Å². The zero-order chi connectivity index (χ0) is 18.9. The Balaban J connectivity index is 1.88. The van der Waals surface area contributed by atoms with Gasteiger partial charge in [0.2, 0.25) is 5.91 Å². The molecule has 6 heteroatoms. The Morgan fingerprint density at radius 1 is 1.23 bits per heavy atom. The normalized spacial score (nSPS) is 21.8. The minimum atomic E-state index is -0.700. The SMILES string of the molecule is CN(Cc1ccc(F)cc1)C(=O)[C@@]1(c2ccc(Cl)c(Cl)c2)C[C@H]1/C=C\Cl. The van der Waals surface area contributed by atoms with Crippen LogP contribution in [-0.4, -0.2) is 17.9 Å². The Kier molecular flexibility index (Phi) is 5.61. The van der Waals surface area contributed by atoms with E-state index in [1.807, 2.05) is 12.1 Å². The summed E-state index contributed by atoms with van der Waals surface area (Å²) in [5.41, 5.74) is 2.42. The maximum Gasteiger partial charge on any atom is 0.233 e. The van der Waals surface area contributed by atoms with E-state index in [4.69, 9.17) is 34.8 Å². The quantitative estimate of drug-likeness (QED) is 0.607. The Bertz CT molecular complexity index is 853. The molecule has 0 aliphatic heterocycles. The second-order valence-electron chi connectivity index (χ2n) is 6.52. The van der Waals surface area contributed by atoms with Crippen LogP contribution in [0, 0.1) is 11.7 Å². The lowest BCUT2D eigenvalue weighted by atomic mass is 9.91. The van der Waals surface area contributed by atoms with Crippen molar-refractivity contribution in [1.29, 1.82) is 0 Å². The number of nitrogens with zero attached hydrogens (tertiary/aromatic N) is 1. The van der Waals surface area contributed by atoms with Crippen LogP contribution in [-0.2, 0) is 16.8 Å². The van der Waals surface area contributed by atoms with Crippen LogP contribution in [0.3, 0.4) is 0 Å². The molecule has 0 unspecified atom stereocenters. The molecule has 1 aliphatic carbocycles. The lowest BCUT2D eigenvalue weighted by Gasteiger charge is -2.25. The number of allylic oxidation sites excluding steroid dienone is 1. The molecule has 2 atom stereocenters. The monoisotopic (exact) mass is 411 g/mol. The number of carbonyl (C=O) groups excluding carboxylic acids is 1. The number of halogens is 4. The average molecular weight is 413 g/mol. The van der Waals surface area contributed by atoms with E-state index in [1.54, 1.807) is 36.2 Å². The summed E-state index contributed by atoms with van der Waals surface area (Å²) in [5.74, 6) is -0.329. The minimum absolute atomic E-state index is 0.000380. The van der Waals surface area contributed by atoms with E-state index >= 15 is 0 Å². The standard InChI is InChI=1S/C20H17Cl3FNO/c1-25(12-13-2-5-16(24)6-3-13)19(26)20(11-15(20)8-9-21)14-4-7-17(22)18(23)10-14/h2-10,15H,11-12H2,1H3/b9-8-/t15-,20-/m1/s1. The Morgan fingerprint density at radius 3 is 2.54 bits per heavy atom. The molecule has 1 aliphatic rings. The second kappa shape index (κ2) is 7.59. The van der Waals surface area contributed by atoms with E-state index in [0.29, 0.717) is 23.0 Å². The van der Waals surface area contributed by atoms with Gasteiger partial charge in [-0.3, -0.25) is 4.79 Å². The van der Waals surface area contributed by atoms with Gasteiger partial charge in [-0.1, -0.05) is 59.1 Å². The third-order valence-corrected chi connectivity index (χ3v) is 5.70. The molecule has 1 fully saturated rings. The van der Waals surface area contributed by atoms with Crippen LogP contribution in [0.1, 0.15) is 17.5 Å². The number of rotatable bonds is 5. The topological polar surface area (TPSA) is 20.3 Å². The van der Waals surface area contributed by atoms with E-state index in [1.165, 1.54) is 17.7 Å². The van der Waals surface area contributed by atoms with Crippen molar-refractivity contribution in [2.75, 3.05) is 7.05 Å². The summed E-state index contributed by atoms with van der Waals surface area (Å²) < 4.78 is 13.1. The van der Waals surface area contributed by atoms with Crippen molar-refractivity contribution < 1.29 is 9.18 Å². The number of carbonyl (C=O) groups is 1. The molecule has 0 aromatic heterocycles. The van der Waals surface area contributed by atoms with E-state index < -0.39 is 5.41 Å². The Labute approximate surface area is 167 Å². The first kappa shape index (κ1) is 19.2. The fourth-order valence-corrected chi connectivity index (χ4v) is 3.83. The molecule has 2 aromatic rings. The number of hydrogen-bond acceptors (Lipinski definition) is 1. The molecule has 1 amide bonds. The maximum atomic E-state index is 13.3. The van der Waals surface area contributed by atoms with Gasteiger partial charge in [-0.25, -0.2) is 4.39 Å². The Morgan fingerprint density at radius 2 is 1.92 bits per heavy atom.